The summed E-state index contributed by atoms with van der Waals surface area (Å²) in [5.74, 6) is 0. The van der Waals surface area contributed by atoms with E-state index in [2.05, 4.69) is 0 Å². The Balaban J connectivity index is 2.91. The number of hydrogen-bond acceptors (Lipinski definition) is 4. The molecule has 2 rings (SSSR count). The molecule has 0 amide bonds. The van der Waals surface area contributed by atoms with Crippen molar-refractivity contribution in [3.05, 3.63) is 23.1 Å². The average Bonchev–Trinajstić information content (AvgIpc) is 2.59. The molecule has 1 heterocycles. The maximum absolute atomic E-state index is 10.6. The quantitative estimate of drug-likeness (QED) is 0.535. The van der Waals surface area contributed by atoms with Gasteiger partial charge in [-0.15, -0.1) is 11.3 Å². The van der Waals surface area contributed by atoms with Gasteiger partial charge in [0.1, 0.15) is 0 Å². The van der Waals surface area contributed by atoms with Gasteiger partial charge < -0.3 is 11.5 Å². The second kappa shape index (κ2) is 2.74. The lowest BCUT2D eigenvalue weighted by atomic mass is 10.1. The number of carbonyl (C=O) groups is 1. The first-order chi connectivity index (χ1) is 6.24. The Labute approximate surface area is 79.0 Å². The molecule has 0 aliphatic rings. The van der Waals surface area contributed by atoms with Gasteiger partial charge in [0.05, 0.1) is 11.4 Å². The van der Waals surface area contributed by atoms with Crippen molar-refractivity contribution in [2.24, 2.45) is 0 Å². The standard InChI is InChI=1S/C9H8N2OS/c10-8-5(4-12)3-7-6(9(8)11)1-2-13-7/h1-4H,10-11H2. The molecule has 13 heavy (non-hydrogen) atoms. The van der Waals surface area contributed by atoms with Gasteiger partial charge in [0.25, 0.3) is 0 Å². The highest BCUT2D eigenvalue weighted by atomic mass is 32.1. The van der Waals surface area contributed by atoms with Gasteiger partial charge in [-0.3, -0.25) is 4.79 Å². The lowest BCUT2D eigenvalue weighted by Crippen LogP contribution is -1.99. The van der Waals surface area contributed by atoms with E-state index in [1.54, 1.807) is 17.4 Å². The van der Waals surface area contributed by atoms with Crippen LogP contribution in [0.2, 0.25) is 0 Å². The van der Waals surface area contributed by atoms with Gasteiger partial charge in [-0.25, -0.2) is 0 Å². The van der Waals surface area contributed by atoms with Crippen LogP contribution in [-0.4, -0.2) is 6.29 Å². The summed E-state index contributed by atoms with van der Waals surface area (Å²) in [5, 5.41) is 2.85. The smallest absolute Gasteiger partial charge is 0.152 e. The van der Waals surface area contributed by atoms with Gasteiger partial charge in [0.2, 0.25) is 0 Å². The maximum atomic E-state index is 10.6. The molecule has 66 valence electrons. The van der Waals surface area contributed by atoms with E-state index in [1.807, 2.05) is 11.4 Å². The Morgan fingerprint density at radius 2 is 2.08 bits per heavy atom. The van der Waals surface area contributed by atoms with Gasteiger partial charge >= 0.3 is 0 Å². The number of aldehydes is 1. The van der Waals surface area contributed by atoms with Crippen molar-refractivity contribution in [2.75, 3.05) is 11.5 Å². The number of rotatable bonds is 1. The zero-order valence-electron chi connectivity index (χ0n) is 6.78. The molecule has 0 aliphatic heterocycles. The van der Waals surface area contributed by atoms with E-state index in [1.165, 1.54) is 0 Å². The molecule has 0 spiro atoms. The van der Waals surface area contributed by atoms with Gasteiger partial charge in [-0.2, -0.15) is 0 Å². The molecule has 2 aromatic rings. The van der Waals surface area contributed by atoms with Gasteiger partial charge in [0, 0.05) is 15.6 Å². The van der Waals surface area contributed by atoms with Crippen LogP contribution in [0, 0.1) is 0 Å². The van der Waals surface area contributed by atoms with Crippen LogP contribution in [0.5, 0.6) is 0 Å². The van der Waals surface area contributed by atoms with Crippen molar-refractivity contribution >= 4 is 39.1 Å². The van der Waals surface area contributed by atoms with Gasteiger partial charge in [-0.1, -0.05) is 0 Å². The van der Waals surface area contributed by atoms with Crippen LogP contribution >= 0.6 is 11.3 Å². The summed E-state index contributed by atoms with van der Waals surface area (Å²) in [6, 6.07) is 3.67. The summed E-state index contributed by atoms with van der Waals surface area (Å²) < 4.78 is 0.994. The third-order valence-electron chi connectivity index (χ3n) is 2.00. The molecule has 4 heteroatoms. The average molecular weight is 192 g/mol. The summed E-state index contributed by atoms with van der Waals surface area (Å²) in [7, 11) is 0. The number of hydrogen-bond donors (Lipinski definition) is 2. The normalized spacial score (nSPS) is 10.5. The van der Waals surface area contributed by atoms with E-state index in [0.717, 1.165) is 16.4 Å². The number of anilines is 2. The molecule has 1 aromatic carbocycles. The summed E-state index contributed by atoms with van der Waals surface area (Å²) in [6.45, 7) is 0. The molecule has 0 unspecified atom stereocenters. The van der Waals surface area contributed by atoms with Crippen molar-refractivity contribution in [1.29, 1.82) is 0 Å². The molecule has 0 radical (unpaired) electrons. The Morgan fingerprint density at radius 1 is 1.31 bits per heavy atom. The second-order valence-electron chi connectivity index (χ2n) is 2.74. The van der Waals surface area contributed by atoms with Crippen LogP contribution in [-0.2, 0) is 0 Å². The lowest BCUT2D eigenvalue weighted by molar-refractivity contribution is 0.112. The molecule has 0 saturated heterocycles. The molecular weight excluding hydrogens is 184 g/mol. The van der Waals surface area contributed by atoms with E-state index in [4.69, 9.17) is 11.5 Å². The fourth-order valence-corrected chi connectivity index (χ4v) is 2.12. The van der Waals surface area contributed by atoms with Crippen molar-refractivity contribution in [3.63, 3.8) is 0 Å². The molecule has 0 saturated carbocycles. The number of carbonyl (C=O) groups excluding carboxylic acids is 1. The van der Waals surface area contributed by atoms with Gasteiger partial charge in [0.15, 0.2) is 6.29 Å². The SMILES string of the molecule is Nc1c(C=O)cc2sccc2c1N. The molecule has 0 atom stereocenters. The summed E-state index contributed by atoms with van der Waals surface area (Å²) in [6.07, 6.45) is 0.727. The van der Waals surface area contributed by atoms with Crippen molar-refractivity contribution in [1.82, 2.24) is 0 Å². The minimum atomic E-state index is 0.376. The highest BCUT2D eigenvalue weighted by molar-refractivity contribution is 7.17. The zero-order chi connectivity index (χ0) is 9.42. The summed E-state index contributed by atoms with van der Waals surface area (Å²) in [5.41, 5.74) is 12.8. The van der Waals surface area contributed by atoms with Crippen LogP contribution < -0.4 is 11.5 Å². The highest BCUT2D eigenvalue weighted by Gasteiger charge is 2.07. The molecule has 3 nitrogen and oxygen atoms in total. The van der Waals surface area contributed by atoms with Crippen LogP contribution in [0.4, 0.5) is 11.4 Å². The fourth-order valence-electron chi connectivity index (χ4n) is 1.27. The second-order valence-corrected chi connectivity index (χ2v) is 3.69. The van der Waals surface area contributed by atoms with Crippen LogP contribution in [0.15, 0.2) is 17.5 Å². The van der Waals surface area contributed by atoms with Crippen LogP contribution in [0.3, 0.4) is 0 Å². The highest BCUT2D eigenvalue weighted by Crippen LogP contribution is 2.32. The number of nitrogen functional groups attached to an aromatic ring is 2. The zero-order valence-corrected chi connectivity index (χ0v) is 7.60. The molecular formula is C9H8N2OS. The van der Waals surface area contributed by atoms with E-state index < -0.39 is 0 Å². The van der Waals surface area contributed by atoms with Crippen molar-refractivity contribution in [3.8, 4) is 0 Å². The first kappa shape index (κ1) is 8.07. The van der Waals surface area contributed by atoms with Crippen molar-refractivity contribution in [2.45, 2.75) is 0 Å². The Bertz CT molecular complexity index is 476. The lowest BCUT2D eigenvalue weighted by Gasteiger charge is -2.03. The first-order valence-electron chi connectivity index (χ1n) is 3.74. The minimum absolute atomic E-state index is 0.376. The third-order valence-corrected chi connectivity index (χ3v) is 2.86. The Kier molecular flexibility index (Phi) is 1.70. The Hall–Kier alpha value is -1.55. The van der Waals surface area contributed by atoms with E-state index in [-0.39, 0.29) is 0 Å². The minimum Gasteiger partial charge on any atom is -0.397 e. The number of thiophene rings is 1. The summed E-state index contributed by atoms with van der Waals surface area (Å²) >= 11 is 1.55. The van der Waals surface area contributed by atoms with E-state index >= 15 is 0 Å². The largest absolute Gasteiger partial charge is 0.397 e. The topological polar surface area (TPSA) is 69.1 Å². The third kappa shape index (κ3) is 1.07. The molecule has 1 aromatic heterocycles. The first-order valence-corrected chi connectivity index (χ1v) is 4.62. The van der Waals surface area contributed by atoms with Crippen LogP contribution in [0.25, 0.3) is 10.1 Å². The maximum Gasteiger partial charge on any atom is 0.152 e. The monoisotopic (exact) mass is 192 g/mol. The predicted octanol–water partition coefficient (Wildman–Crippen LogP) is 1.88. The van der Waals surface area contributed by atoms with E-state index in [9.17, 15) is 4.79 Å². The fraction of sp³-hybridized carbons (Fsp3) is 0. The number of nitrogens with two attached hydrogens (primary N) is 2. The molecule has 0 bridgehead atoms. The number of fused-ring (bicyclic) bond motifs is 1. The van der Waals surface area contributed by atoms with Crippen molar-refractivity contribution < 1.29 is 4.79 Å². The molecule has 0 aliphatic carbocycles. The number of benzene rings is 1. The molecule has 4 N–H and O–H groups in total. The van der Waals surface area contributed by atoms with Gasteiger partial charge in [-0.05, 0) is 17.5 Å². The van der Waals surface area contributed by atoms with Crippen LogP contribution in [0.1, 0.15) is 10.4 Å². The van der Waals surface area contributed by atoms with E-state index in [0.29, 0.717) is 16.9 Å². The summed E-state index contributed by atoms with van der Waals surface area (Å²) in [4.78, 5) is 10.6. The molecule has 0 fully saturated rings. The predicted molar refractivity (Wildman–Crippen MR) is 56.0 cm³/mol. The Morgan fingerprint density at radius 3 is 2.77 bits per heavy atom.